The molecule has 0 fully saturated rings. The number of carbonyl (C=O) groups is 3. The first-order chi connectivity index (χ1) is 8.95. The molecule has 0 saturated carbocycles. The smallest absolute Gasteiger partial charge is 0.335 e. The van der Waals surface area contributed by atoms with Crippen molar-refractivity contribution in [1.29, 1.82) is 0 Å². The Labute approximate surface area is 109 Å². The quantitative estimate of drug-likeness (QED) is 0.704. The van der Waals surface area contributed by atoms with Gasteiger partial charge in [-0.2, -0.15) is 0 Å². The number of carbonyl (C=O) groups excluding carboxylic acids is 2. The molecule has 0 aromatic heterocycles. The number of aromatic carboxylic acids is 1. The van der Waals surface area contributed by atoms with Crippen molar-refractivity contribution in [1.82, 2.24) is 10.2 Å². The third-order valence-corrected chi connectivity index (χ3v) is 2.87. The first kappa shape index (κ1) is 13.0. The topological polar surface area (TPSA) is 113 Å². The van der Waals surface area contributed by atoms with Crippen LogP contribution >= 0.6 is 0 Å². The van der Waals surface area contributed by atoms with E-state index in [4.69, 9.17) is 10.8 Å². The van der Waals surface area contributed by atoms with Crippen molar-refractivity contribution in [2.45, 2.75) is 13.1 Å². The normalized spacial score (nSPS) is 13.9. The van der Waals surface area contributed by atoms with E-state index in [1.807, 2.05) is 5.32 Å². The van der Waals surface area contributed by atoms with Crippen LogP contribution in [0.4, 0.5) is 4.79 Å². The second kappa shape index (κ2) is 5.07. The van der Waals surface area contributed by atoms with Crippen LogP contribution in [0.2, 0.25) is 0 Å². The van der Waals surface area contributed by atoms with Gasteiger partial charge in [0.25, 0.3) is 0 Å². The number of urea groups is 1. The number of carboxylic acids is 1. The Hall–Kier alpha value is -2.41. The van der Waals surface area contributed by atoms with Gasteiger partial charge in [0.1, 0.15) is 0 Å². The molecule has 0 spiro atoms. The highest BCUT2D eigenvalue weighted by Gasteiger charge is 2.22. The van der Waals surface area contributed by atoms with Crippen molar-refractivity contribution >= 4 is 17.9 Å². The zero-order chi connectivity index (χ0) is 14.0. The van der Waals surface area contributed by atoms with E-state index in [0.29, 0.717) is 13.1 Å². The van der Waals surface area contributed by atoms with Crippen molar-refractivity contribution < 1.29 is 19.5 Å². The number of rotatable bonds is 3. The van der Waals surface area contributed by atoms with Crippen molar-refractivity contribution in [3.05, 3.63) is 34.9 Å². The van der Waals surface area contributed by atoms with Gasteiger partial charge in [-0.05, 0) is 23.3 Å². The van der Waals surface area contributed by atoms with E-state index in [1.54, 1.807) is 17.0 Å². The number of nitrogens with zero attached hydrogens (tertiary/aromatic N) is 1. The van der Waals surface area contributed by atoms with Gasteiger partial charge < -0.3 is 10.8 Å². The van der Waals surface area contributed by atoms with E-state index >= 15 is 0 Å². The fourth-order valence-corrected chi connectivity index (χ4v) is 2.09. The maximum atomic E-state index is 11.4. The molecular weight excluding hydrogens is 250 g/mol. The van der Waals surface area contributed by atoms with Crippen molar-refractivity contribution in [2.24, 2.45) is 5.73 Å². The summed E-state index contributed by atoms with van der Waals surface area (Å²) in [5.74, 6) is -1.45. The predicted octanol–water partition coefficient (Wildman–Crippen LogP) is -0.105. The fraction of sp³-hybridized carbons (Fsp3) is 0.250. The van der Waals surface area contributed by atoms with E-state index in [-0.39, 0.29) is 12.1 Å². The third-order valence-electron chi connectivity index (χ3n) is 2.87. The molecule has 0 saturated heterocycles. The molecule has 1 aliphatic heterocycles. The molecule has 1 aromatic rings. The van der Waals surface area contributed by atoms with E-state index in [1.165, 1.54) is 6.07 Å². The van der Waals surface area contributed by atoms with Gasteiger partial charge in [-0.3, -0.25) is 15.0 Å². The minimum Gasteiger partial charge on any atom is -0.478 e. The Morgan fingerprint density at radius 3 is 2.58 bits per heavy atom. The molecule has 7 nitrogen and oxygen atoms in total. The first-order valence-electron chi connectivity index (χ1n) is 5.62. The van der Waals surface area contributed by atoms with Crippen LogP contribution in [0.5, 0.6) is 0 Å². The Balaban J connectivity index is 2.02. The summed E-state index contributed by atoms with van der Waals surface area (Å²) < 4.78 is 0. The minimum atomic E-state index is -0.979. The summed E-state index contributed by atoms with van der Waals surface area (Å²) in [6, 6.07) is 4.00. The second-order valence-electron chi connectivity index (χ2n) is 4.35. The number of imide groups is 1. The molecule has 19 heavy (non-hydrogen) atoms. The van der Waals surface area contributed by atoms with Gasteiger partial charge in [0.15, 0.2) is 0 Å². The number of amides is 3. The Kier molecular flexibility index (Phi) is 3.48. The molecular formula is C12H13N3O4. The van der Waals surface area contributed by atoms with Crippen LogP contribution < -0.4 is 11.1 Å². The third kappa shape index (κ3) is 3.08. The summed E-state index contributed by atoms with van der Waals surface area (Å²) in [6.07, 6.45) is 0. The molecule has 0 unspecified atom stereocenters. The SMILES string of the molecule is NC(=O)NC(=O)CN1Cc2ccc(C(=O)O)cc2C1. The number of primary amides is 1. The van der Waals surface area contributed by atoms with E-state index in [9.17, 15) is 14.4 Å². The zero-order valence-electron chi connectivity index (χ0n) is 10.0. The van der Waals surface area contributed by atoms with Gasteiger partial charge in [0.2, 0.25) is 5.91 Å². The molecule has 100 valence electrons. The molecule has 7 heteroatoms. The number of carboxylic acid groups (broad SMARTS) is 1. The summed E-state index contributed by atoms with van der Waals surface area (Å²) in [4.78, 5) is 34.6. The van der Waals surface area contributed by atoms with Crippen LogP contribution in [0.25, 0.3) is 0 Å². The van der Waals surface area contributed by atoms with Crippen molar-refractivity contribution in [2.75, 3.05) is 6.54 Å². The summed E-state index contributed by atoms with van der Waals surface area (Å²) in [7, 11) is 0. The lowest BCUT2D eigenvalue weighted by atomic mass is 10.1. The summed E-state index contributed by atoms with van der Waals surface area (Å²) in [6.45, 7) is 1.06. The number of nitrogens with one attached hydrogen (secondary N) is 1. The van der Waals surface area contributed by atoms with Crippen LogP contribution in [0.15, 0.2) is 18.2 Å². The Bertz CT molecular complexity index is 556. The number of hydrogen-bond donors (Lipinski definition) is 3. The van der Waals surface area contributed by atoms with Crippen molar-refractivity contribution in [3.8, 4) is 0 Å². The van der Waals surface area contributed by atoms with Gasteiger partial charge in [-0.25, -0.2) is 9.59 Å². The largest absolute Gasteiger partial charge is 0.478 e. The highest BCUT2D eigenvalue weighted by molar-refractivity contribution is 5.94. The molecule has 1 aliphatic rings. The van der Waals surface area contributed by atoms with E-state index in [0.717, 1.165) is 11.1 Å². The average Bonchev–Trinajstić information content (AvgIpc) is 2.68. The molecule has 0 bridgehead atoms. The molecule has 1 aromatic carbocycles. The molecule has 2 rings (SSSR count). The van der Waals surface area contributed by atoms with E-state index < -0.39 is 17.9 Å². The lowest BCUT2D eigenvalue weighted by Gasteiger charge is -2.12. The van der Waals surface area contributed by atoms with Crippen LogP contribution in [0.1, 0.15) is 21.5 Å². The zero-order valence-corrected chi connectivity index (χ0v) is 10.0. The van der Waals surface area contributed by atoms with Crippen LogP contribution in [-0.4, -0.2) is 34.5 Å². The molecule has 1 heterocycles. The van der Waals surface area contributed by atoms with Gasteiger partial charge in [-0.15, -0.1) is 0 Å². The van der Waals surface area contributed by atoms with Gasteiger partial charge >= 0.3 is 12.0 Å². The van der Waals surface area contributed by atoms with Gasteiger partial charge in [-0.1, -0.05) is 6.07 Å². The standard InChI is InChI=1S/C12H13N3O4/c13-12(19)14-10(16)6-15-4-8-2-1-7(11(17)18)3-9(8)5-15/h1-3H,4-6H2,(H,17,18)(H3,13,14,16,19). The molecule has 0 atom stereocenters. The number of nitrogens with two attached hydrogens (primary N) is 1. The molecule has 0 radical (unpaired) electrons. The Morgan fingerprint density at radius 1 is 1.26 bits per heavy atom. The molecule has 3 amide bonds. The number of fused-ring (bicyclic) bond motifs is 1. The van der Waals surface area contributed by atoms with Crippen molar-refractivity contribution in [3.63, 3.8) is 0 Å². The average molecular weight is 263 g/mol. The van der Waals surface area contributed by atoms with Gasteiger partial charge in [0.05, 0.1) is 12.1 Å². The van der Waals surface area contributed by atoms with Gasteiger partial charge in [0, 0.05) is 13.1 Å². The lowest BCUT2D eigenvalue weighted by molar-refractivity contribution is -0.121. The fourth-order valence-electron chi connectivity index (χ4n) is 2.09. The minimum absolute atomic E-state index is 0.0417. The highest BCUT2D eigenvalue weighted by atomic mass is 16.4. The predicted molar refractivity (Wildman–Crippen MR) is 65.2 cm³/mol. The number of hydrogen-bond acceptors (Lipinski definition) is 4. The molecule has 0 aliphatic carbocycles. The van der Waals surface area contributed by atoms with Crippen LogP contribution in [-0.2, 0) is 17.9 Å². The Morgan fingerprint density at radius 2 is 1.95 bits per heavy atom. The monoisotopic (exact) mass is 263 g/mol. The summed E-state index contributed by atoms with van der Waals surface area (Å²) in [5.41, 5.74) is 6.94. The maximum absolute atomic E-state index is 11.4. The van der Waals surface area contributed by atoms with Crippen LogP contribution in [0.3, 0.4) is 0 Å². The van der Waals surface area contributed by atoms with Crippen LogP contribution in [0, 0.1) is 0 Å². The second-order valence-corrected chi connectivity index (χ2v) is 4.35. The lowest BCUT2D eigenvalue weighted by Crippen LogP contribution is -2.40. The molecule has 4 N–H and O–H groups in total. The maximum Gasteiger partial charge on any atom is 0.335 e. The highest BCUT2D eigenvalue weighted by Crippen LogP contribution is 2.23. The first-order valence-corrected chi connectivity index (χ1v) is 5.62. The summed E-state index contributed by atoms with van der Waals surface area (Å²) >= 11 is 0. The van der Waals surface area contributed by atoms with E-state index in [2.05, 4.69) is 0 Å². The summed E-state index contributed by atoms with van der Waals surface area (Å²) in [5, 5.41) is 10.9. The number of benzene rings is 1.